The summed E-state index contributed by atoms with van der Waals surface area (Å²) >= 11 is 1.73. The van der Waals surface area contributed by atoms with Crippen molar-refractivity contribution in [2.45, 2.75) is 19.3 Å². The van der Waals surface area contributed by atoms with Crippen molar-refractivity contribution in [1.29, 1.82) is 0 Å². The van der Waals surface area contributed by atoms with Gasteiger partial charge in [-0.1, -0.05) is 6.07 Å². The molecule has 0 saturated carbocycles. The molecule has 1 N–H and O–H groups in total. The fraction of sp³-hybridized carbons (Fsp3) is 0.188. The molecule has 6 heteroatoms. The maximum Gasteiger partial charge on any atom is 0.224 e. The van der Waals surface area contributed by atoms with Crippen molar-refractivity contribution < 1.29 is 4.79 Å². The highest BCUT2D eigenvalue weighted by molar-refractivity contribution is 7.09. The second-order valence-electron chi connectivity index (χ2n) is 4.84. The molecule has 0 unspecified atom stereocenters. The van der Waals surface area contributed by atoms with Crippen LogP contribution in [-0.4, -0.2) is 20.7 Å². The van der Waals surface area contributed by atoms with Crippen molar-refractivity contribution in [3.63, 3.8) is 0 Å². The van der Waals surface area contributed by atoms with Gasteiger partial charge in [-0.3, -0.25) is 4.79 Å². The molecular formula is C16H16N4OS. The van der Waals surface area contributed by atoms with Crippen LogP contribution < -0.4 is 5.32 Å². The minimum Gasteiger partial charge on any atom is -0.325 e. The maximum atomic E-state index is 11.9. The van der Waals surface area contributed by atoms with Crippen molar-refractivity contribution in [3.05, 3.63) is 59.2 Å². The van der Waals surface area contributed by atoms with Crippen molar-refractivity contribution in [1.82, 2.24) is 14.8 Å². The third-order valence-corrected chi connectivity index (χ3v) is 4.11. The summed E-state index contributed by atoms with van der Waals surface area (Å²) in [5.41, 5.74) is 0.706. The van der Waals surface area contributed by atoms with E-state index >= 15 is 0 Å². The second kappa shape index (κ2) is 7.00. The van der Waals surface area contributed by atoms with Crippen molar-refractivity contribution in [3.8, 4) is 5.82 Å². The highest BCUT2D eigenvalue weighted by Crippen LogP contribution is 2.13. The van der Waals surface area contributed by atoms with E-state index < -0.39 is 0 Å². The zero-order valence-electron chi connectivity index (χ0n) is 12.0. The van der Waals surface area contributed by atoms with Crippen LogP contribution in [0.3, 0.4) is 0 Å². The maximum absolute atomic E-state index is 11.9. The van der Waals surface area contributed by atoms with E-state index in [0.29, 0.717) is 12.1 Å². The van der Waals surface area contributed by atoms with Gasteiger partial charge in [0, 0.05) is 23.7 Å². The van der Waals surface area contributed by atoms with Gasteiger partial charge in [0.25, 0.3) is 0 Å². The number of rotatable bonds is 6. The average Bonchev–Trinajstić information content (AvgIpc) is 3.21. The van der Waals surface area contributed by atoms with E-state index in [1.807, 2.05) is 30.5 Å². The number of nitrogens with one attached hydrogen (secondary N) is 1. The Morgan fingerprint density at radius 1 is 1.27 bits per heavy atom. The van der Waals surface area contributed by atoms with E-state index in [4.69, 9.17) is 0 Å². The molecule has 0 spiro atoms. The lowest BCUT2D eigenvalue weighted by atomic mass is 10.2. The predicted molar refractivity (Wildman–Crippen MR) is 87.2 cm³/mol. The number of aromatic nitrogens is 3. The van der Waals surface area contributed by atoms with Gasteiger partial charge in [-0.25, -0.2) is 9.67 Å². The molecule has 1 amide bonds. The standard InChI is InChI=1S/C16H16N4OS/c21-16(6-1-4-14-5-2-11-22-14)19-13-7-8-15(17-12-13)20-10-3-9-18-20/h2-3,5,7-12H,1,4,6H2,(H,19,21). The van der Waals surface area contributed by atoms with Crippen molar-refractivity contribution >= 4 is 22.9 Å². The van der Waals surface area contributed by atoms with E-state index in [-0.39, 0.29) is 5.91 Å². The molecule has 0 aliphatic rings. The van der Waals surface area contributed by atoms with Gasteiger partial charge in [-0.2, -0.15) is 5.10 Å². The number of hydrogen-bond acceptors (Lipinski definition) is 4. The number of hydrogen-bond donors (Lipinski definition) is 1. The Morgan fingerprint density at radius 3 is 2.91 bits per heavy atom. The van der Waals surface area contributed by atoms with Gasteiger partial charge >= 0.3 is 0 Å². The third-order valence-electron chi connectivity index (χ3n) is 3.18. The molecule has 3 aromatic rings. The first-order chi connectivity index (χ1) is 10.8. The number of aryl methyl sites for hydroxylation is 1. The molecule has 0 bridgehead atoms. The lowest BCUT2D eigenvalue weighted by Gasteiger charge is -2.06. The summed E-state index contributed by atoms with van der Waals surface area (Å²) in [6.45, 7) is 0. The smallest absolute Gasteiger partial charge is 0.224 e. The summed E-state index contributed by atoms with van der Waals surface area (Å²) in [4.78, 5) is 17.5. The molecular weight excluding hydrogens is 296 g/mol. The van der Waals surface area contributed by atoms with Crippen LogP contribution in [0.15, 0.2) is 54.3 Å². The third kappa shape index (κ3) is 3.79. The van der Waals surface area contributed by atoms with Crippen LogP contribution in [0.25, 0.3) is 5.82 Å². The molecule has 0 aliphatic heterocycles. The highest BCUT2D eigenvalue weighted by atomic mass is 32.1. The minimum absolute atomic E-state index is 0.0187. The molecule has 0 aromatic carbocycles. The van der Waals surface area contributed by atoms with Gasteiger partial charge in [0.15, 0.2) is 5.82 Å². The van der Waals surface area contributed by atoms with Crippen LogP contribution in [0.5, 0.6) is 0 Å². The van der Waals surface area contributed by atoms with Gasteiger partial charge < -0.3 is 5.32 Å². The lowest BCUT2D eigenvalue weighted by molar-refractivity contribution is -0.116. The average molecular weight is 312 g/mol. The van der Waals surface area contributed by atoms with E-state index in [1.54, 1.807) is 28.4 Å². The summed E-state index contributed by atoms with van der Waals surface area (Å²) in [5, 5.41) is 9.03. The van der Waals surface area contributed by atoms with Gasteiger partial charge in [0.1, 0.15) is 0 Å². The van der Waals surface area contributed by atoms with Crippen LogP contribution in [0.1, 0.15) is 17.7 Å². The lowest BCUT2D eigenvalue weighted by Crippen LogP contribution is -2.12. The first-order valence-electron chi connectivity index (χ1n) is 7.09. The predicted octanol–water partition coefficient (Wildman–Crippen LogP) is 3.29. The zero-order chi connectivity index (χ0) is 15.2. The highest BCUT2D eigenvalue weighted by Gasteiger charge is 2.04. The largest absolute Gasteiger partial charge is 0.325 e. The first kappa shape index (κ1) is 14.5. The van der Waals surface area contributed by atoms with E-state index in [9.17, 15) is 4.79 Å². The molecule has 0 radical (unpaired) electrons. The summed E-state index contributed by atoms with van der Waals surface area (Å²) in [6.07, 6.45) is 7.48. The zero-order valence-corrected chi connectivity index (χ0v) is 12.8. The van der Waals surface area contributed by atoms with Gasteiger partial charge in [-0.15, -0.1) is 11.3 Å². The fourth-order valence-electron chi connectivity index (χ4n) is 2.10. The Balaban J connectivity index is 1.49. The molecule has 3 aromatic heterocycles. The van der Waals surface area contributed by atoms with Gasteiger partial charge in [0.2, 0.25) is 5.91 Å². The normalized spacial score (nSPS) is 10.5. The minimum atomic E-state index is 0.0187. The van der Waals surface area contributed by atoms with Crippen molar-refractivity contribution in [2.24, 2.45) is 0 Å². The second-order valence-corrected chi connectivity index (χ2v) is 5.87. The van der Waals surface area contributed by atoms with Crippen LogP contribution in [-0.2, 0) is 11.2 Å². The van der Waals surface area contributed by atoms with Crippen LogP contribution >= 0.6 is 11.3 Å². The Labute approximate surface area is 132 Å². The summed E-state index contributed by atoms with van der Waals surface area (Å²) in [6, 6.07) is 9.63. The number of pyridine rings is 1. The molecule has 0 fully saturated rings. The summed E-state index contributed by atoms with van der Waals surface area (Å²) < 4.78 is 1.67. The van der Waals surface area contributed by atoms with E-state index in [0.717, 1.165) is 18.7 Å². The van der Waals surface area contributed by atoms with Gasteiger partial charge in [0.05, 0.1) is 11.9 Å². The molecule has 3 heterocycles. The number of nitrogens with zero attached hydrogens (tertiary/aromatic N) is 3. The number of amides is 1. The molecule has 5 nitrogen and oxygen atoms in total. The molecule has 0 saturated heterocycles. The quantitative estimate of drug-likeness (QED) is 0.760. The number of anilines is 1. The van der Waals surface area contributed by atoms with Crippen LogP contribution in [0.4, 0.5) is 5.69 Å². The number of thiophene rings is 1. The molecule has 3 rings (SSSR count). The van der Waals surface area contributed by atoms with Gasteiger partial charge in [-0.05, 0) is 42.5 Å². The Bertz CT molecular complexity index is 705. The van der Waals surface area contributed by atoms with E-state index in [1.165, 1.54) is 4.88 Å². The number of carbonyl (C=O) groups is 1. The monoisotopic (exact) mass is 312 g/mol. The Kier molecular flexibility index (Phi) is 4.60. The Hall–Kier alpha value is -2.47. The summed E-state index contributed by atoms with van der Waals surface area (Å²) in [5.74, 6) is 0.742. The number of carbonyl (C=O) groups excluding carboxylic acids is 1. The first-order valence-corrected chi connectivity index (χ1v) is 7.97. The SMILES string of the molecule is O=C(CCCc1cccs1)Nc1ccc(-n2cccn2)nc1. The summed E-state index contributed by atoms with van der Waals surface area (Å²) in [7, 11) is 0. The van der Waals surface area contributed by atoms with Crippen LogP contribution in [0.2, 0.25) is 0 Å². The Morgan fingerprint density at radius 2 is 2.23 bits per heavy atom. The molecule has 22 heavy (non-hydrogen) atoms. The van der Waals surface area contributed by atoms with Crippen molar-refractivity contribution in [2.75, 3.05) is 5.32 Å². The molecule has 0 aliphatic carbocycles. The van der Waals surface area contributed by atoms with E-state index in [2.05, 4.69) is 26.8 Å². The fourth-order valence-corrected chi connectivity index (χ4v) is 2.85. The topological polar surface area (TPSA) is 59.8 Å². The van der Waals surface area contributed by atoms with Crippen LogP contribution in [0, 0.1) is 0 Å². The molecule has 0 atom stereocenters. The molecule has 112 valence electrons.